The normalized spacial score (nSPS) is 11.7. The molecule has 142 valence electrons. The van der Waals surface area contributed by atoms with Crippen LogP contribution in [0.15, 0.2) is 60.3 Å². The van der Waals surface area contributed by atoms with Gasteiger partial charge in [-0.15, -0.1) is 0 Å². The highest BCUT2D eigenvalue weighted by molar-refractivity contribution is 5.98. The van der Waals surface area contributed by atoms with Gasteiger partial charge < -0.3 is 14.8 Å². The first-order valence-corrected chi connectivity index (χ1v) is 8.60. The Morgan fingerprint density at radius 2 is 1.37 bits per heavy atom. The van der Waals surface area contributed by atoms with Crippen molar-refractivity contribution in [2.75, 3.05) is 19.5 Å². The molecule has 5 nitrogen and oxygen atoms in total. The fourth-order valence-electron chi connectivity index (χ4n) is 2.50. The van der Waals surface area contributed by atoms with Gasteiger partial charge in [-0.25, -0.2) is 9.59 Å². The van der Waals surface area contributed by atoms with E-state index in [9.17, 15) is 9.59 Å². The van der Waals surface area contributed by atoms with Gasteiger partial charge in [0, 0.05) is 5.69 Å². The van der Waals surface area contributed by atoms with E-state index in [0.29, 0.717) is 5.69 Å². The standard InChI is InChI=1S/C22H25NO4/c1-22(2,3)17-10-6-15(7-11-17)16-8-12-18(13-9-16)23-19(21(25)27-5)14-20(24)26-4/h6-14,23H,1-5H3/b19-14+. The topological polar surface area (TPSA) is 64.6 Å². The van der Waals surface area contributed by atoms with Gasteiger partial charge in [0.05, 0.1) is 20.3 Å². The molecule has 0 atom stereocenters. The van der Waals surface area contributed by atoms with E-state index < -0.39 is 11.9 Å². The van der Waals surface area contributed by atoms with E-state index >= 15 is 0 Å². The van der Waals surface area contributed by atoms with Crippen molar-refractivity contribution >= 4 is 17.6 Å². The molecule has 0 unspecified atom stereocenters. The van der Waals surface area contributed by atoms with Crippen LogP contribution in [0.5, 0.6) is 0 Å². The number of methoxy groups -OCH3 is 2. The van der Waals surface area contributed by atoms with E-state index in [1.165, 1.54) is 19.8 Å². The first-order valence-electron chi connectivity index (χ1n) is 8.60. The van der Waals surface area contributed by atoms with Crippen molar-refractivity contribution in [3.63, 3.8) is 0 Å². The van der Waals surface area contributed by atoms with Gasteiger partial charge in [0.15, 0.2) is 0 Å². The molecule has 0 aliphatic heterocycles. The van der Waals surface area contributed by atoms with Crippen molar-refractivity contribution in [2.45, 2.75) is 26.2 Å². The highest BCUT2D eigenvalue weighted by Crippen LogP contribution is 2.27. The highest BCUT2D eigenvalue weighted by Gasteiger charge is 2.14. The summed E-state index contributed by atoms with van der Waals surface area (Å²) in [4.78, 5) is 23.2. The van der Waals surface area contributed by atoms with Crippen LogP contribution in [0, 0.1) is 0 Å². The van der Waals surface area contributed by atoms with Crippen molar-refractivity contribution in [3.8, 4) is 11.1 Å². The van der Waals surface area contributed by atoms with Gasteiger partial charge in [-0.05, 0) is 34.2 Å². The number of carbonyl (C=O) groups excluding carboxylic acids is 2. The summed E-state index contributed by atoms with van der Waals surface area (Å²) in [5, 5.41) is 2.89. The van der Waals surface area contributed by atoms with Crippen molar-refractivity contribution in [3.05, 3.63) is 65.9 Å². The predicted octanol–water partition coefficient (Wildman–Crippen LogP) is 4.29. The fourth-order valence-corrected chi connectivity index (χ4v) is 2.50. The summed E-state index contributed by atoms with van der Waals surface area (Å²) in [6, 6.07) is 16.0. The molecule has 0 spiro atoms. The third-order valence-corrected chi connectivity index (χ3v) is 4.12. The second kappa shape index (κ2) is 8.54. The van der Waals surface area contributed by atoms with Crippen molar-refractivity contribution in [1.29, 1.82) is 0 Å². The molecule has 5 heteroatoms. The molecule has 0 heterocycles. The van der Waals surface area contributed by atoms with E-state index in [1.807, 2.05) is 24.3 Å². The Morgan fingerprint density at radius 1 is 0.852 bits per heavy atom. The van der Waals surface area contributed by atoms with E-state index in [4.69, 9.17) is 0 Å². The number of hydrogen-bond donors (Lipinski definition) is 1. The minimum absolute atomic E-state index is 0.00614. The zero-order valence-electron chi connectivity index (χ0n) is 16.3. The van der Waals surface area contributed by atoms with Gasteiger partial charge in [0.25, 0.3) is 0 Å². The van der Waals surface area contributed by atoms with Gasteiger partial charge in [-0.3, -0.25) is 0 Å². The van der Waals surface area contributed by atoms with Crippen LogP contribution in [-0.2, 0) is 24.5 Å². The third-order valence-electron chi connectivity index (χ3n) is 4.12. The first-order chi connectivity index (χ1) is 12.7. The van der Waals surface area contributed by atoms with Gasteiger partial charge >= 0.3 is 11.9 Å². The fraction of sp³-hybridized carbons (Fsp3) is 0.273. The lowest BCUT2D eigenvalue weighted by molar-refractivity contribution is -0.138. The predicted molar refractivity (Wildman–Crippen MR) is 106 cm³/mol. The summed E-state index contributed by atoms with van der Waals surface area (Å²) in [5.74, 6) is -1.29. The molecular weight excluding hydrogens is 342 g/mol. The van der Waals surface area contributed by atoms with Crippen LogP contribution in [0.1, 0.15) is 26.3 Å². The van der Waals surface area contributed by atoms with Crippen LogP contribution in [-0.4, -0.2) is 26.2 Å². The zero-order valence-corrected chi connectivity index (χ0v) is 16.3. The zero-order chi connectivity index (χ0) is 20.0. The average Bonchev–Trinajstić information content (AvgIpc) is 2.66. The van der Waals surface area contributed by atoms with Crippen molar-refractivity contribution in [2.24, 2.45) is 0 Å². The van der Waals surface area contributed by atoms with Gasteiger partial charge in [0.1, 0.15) is 5.70 Å². The van der Waals surface area contributed by atoms with Gasteiger partial charge in [0.2, 0.25) is 0 Å². The van der Waals surface area contributed by atoms with Crippen LogP contribution in [0.4, 0.5) is 5.69 Å². The number of rotatable bonds is 5. The number of ether oxygens (including phenoxy) is 2. The van der Waals surface area contributed by atoms with E-state index in [0.717, 1.165) is 17.2 Å². The SMILES string of the molecule is COC(=O)/C=C(/Nc1ccc(-c2ccc(C(C)(C)C)cc2)cc1)C(=O)OC. The van der Waals surface area contributed by atoms with Crippen LogP contribution in [0.2, 0.25) is 0 Å². The molecule has 2 aromatic carbocycles. The van der Waals surface area contributed by atoms with Crippen LogP contribution in [0.3, 0.4) is 0 Å². The summed E-state index contributed by atoms with van der Waals surface area (Å²) in [5.41, 5.74) is 4.21. The Hall–Kier alpha value is -3.08. The lowest BCUT2D eigenvalue weighted by atomic mass is 9.86. The Morgan fingerprint density at radius 3 is 1.81 bits per heavy atom. The molecule has 1 N–H and O–H groups in total. The number of carbonyl (C=O) groups is 2. The average molecular weight is 367 g/mol. The minimum atomic E-state index is -0.651. The molecule has 0 aromatic heterocycles. The third kappa shape index (κ3) is 5.45. The lowest BCUT2D eigenvalue weighted by Gasteiger charge is -2.19. The molecule has 2 rings (SSSR count). The summed E-state index contributed by atoms with van der Waals surface area (Å²) in [7, 11) is 2.49. The van der Waals surface area contributed by atoms with Gasteiger partial charge in [-0.1, -0.05) is 57.2 Å². The molecule has 0 amide bonds. The molecule has 0 bridgehead atoms. The summed E-state index contributed by atoms with van der Waals surface area (Å²) < 4.78 is 9.24. The molecule has 0 aliphatic rings. The van der Waals surface area contributed by atoms with E-state index in [1.54, 1.807) is 0 Å². The van der Waals surface area contributed by atoms with E-state index in [2.05, 4.69) is 59.8 Å². The second-order valence-corrected chi connectivity index (χ2v) is 7.10. The quantitative estimate of drug-likeness (QED) is 0.631. The maximum absolute atomic E-state index is 11.8. The second-order valence-electron chi connectivity index (χ2n) is 7.10. The van der Waals surface area contributed by atoms with E-state index in [-0.39, 0.29) is 11.1 Å². The number of esters is 2. The van der Waals surface area contributed by atoms with Crippen molar-refractivity contribution in [1.82, 2.24) is 0 Å². The first kappa shape index (κ1) is 20.2. The Balaban J connectivity index is 2.20. The number of benzene rings is 2. The minimum Gasteiger partial charge on any atom is -0.466 e. The number of nitrogens with one attached hydrogen (secondary N) is 1. The number of anilines is 1. The monoisotopic (exact) mass is 367 g/mol. The smallest absolute Gasteiger partial charge is 0.354 e. The molecule has 0 aliphatic carbocycles. The molecule has 2 aromatic rings. The maximum atomic E-state index is 11.8. The molecule has 0 saturated heterocycles. The molecule has 0 saturated carbocycles. The van der Waals surface area contributed by atoms with Gasteiger partial charge in [-0.2, -0.15) is 0 Å². The Kier molecular flexibility index (Phi) is 6.40. The largest absolute Gasteiger partial charge is 0.466 e. The maximum Gasteiger partial charge on any atom is 0.354 e. The summed E-state index contributed by atoms with van der Waals surface area (Å²) in [6.45, 7) is 6.55. The highest BCUT2D eigenvalue weighted by atomic mass is 16.5. The molecule has 0 radical (unpaired) electrons. The summed E-state index contributed by atoms with van der Waals surface area (Å²) in [6.07, 6.45) is 1.06. The van der Waals surface area contributed by atoms with Crippen LogP contribution < -0.4 is 5.32 Å². The molecular formula is C22H25NO4. The van der Waals surface area contributed by atoms with Crippen molar-refractivity contribution < 1.29 is 19.1 Å². The Bertz CT molecular complexity index is 828. The van der Waals surface area contributed by atoms with Crippen LogP contribution in [0.25, 0.3) is 11.1 Å². The van der Waals surface area contributed by atoms with Crippen LogP contribution >= 0.6 is 0 Å². The Labute approximate surface area is 160 Å². The molecule has 0 fully saturated rings. The summed E-state index contributed by atoms with van der Waals surface area (Å²) >= 11 is 0. The lowest BCUT2D eigenvalue weighted by Crippen LogP contribution is -2.15. The number of hydrogen-bond acceptors (Lipinski definition) is 5. The molecule has 27 heavy (non-hydrogen) atoms.